The molecule has 0 saturated heterocycles. The highest BCUT2D eigenvalue weighted by atomic mass is 19.1. The molecule has 4 aromatic carbocycles. The number of aromatic hydroxyl groups is 1. The molecule has 29 heavy (non-hydrogen) atoms. The standard InChI is InChI=1S/C26H18F2O/c1-16-8-10-24-22(12-16)23-15-21(29)9-11-25(23)26(24,17-4-2-6-19(27)13-17)18-5-3-7-20(28)14-18/h2-15,29H,1H3. The second kappa shape index (κ2) is 6.28. The lowest BCUT2D eigenvalue weighted by Crippen LogP contribution is -2.28. The molecular weight excluding hydrogens is 366 g/mol. The minimum Gasteiger partial charge on any atom is -0.508 e. The van der Waals surface area contributed by atoms with Gasteiger partial charge in [0.05, 0.1) is 5.41 Å². The summed E-state index contributed by atoms with van der Waals surface area (Å²) >= 11 is 0. The SMILES string of the molecule is Cc1ccc2c(c1)-c1cc(O)ccc1C2(c1cccc(F)c1)c1cccc(F)c1. The third-order valence-corrected chi connectivity index (χ3v) is 5.79. The van der Waals surface area contributed by atoms with Gasteiger partial charge in [-0.2, -0.15) is 0 Å². The highest BCUT2D eigenvalue weighted by Gasteiger charge is 2.46. The molecule has 1 aliphatic carbocycles. The number of rotatable bonds is 2. The van der Waals surface area contributed by atoms with Crippen molar-refractivity contribution in [3.63, 3.8) is 0 Å². The Kier molecular flexibility index (Phi) is 3.82. The van der Waals surface area contributed by atoms with Gasteiger partial charge in [0.15, 0.2) is 0 Å². The molecule has 142 valence electrons. The van der Waals surface area contributed by atoms with Gasteiger partial charge in [0.1, 0.15) is 17.4 Å². The zero-order valence-electron chi connectivity index (χ0n) is 15.8. The van der Waals surface area contributed by atoms with Gasteiger partial charge >= 0.3 is 0 Å². The first-order chi connectivity index (χ1) is 14.0. The fraction of sp³-hybridized carbons (Fsp3) is 0.0769. The van der Waals surface area contributed by atoms with Crippen LogP contribution in [0.25, 0.3) is 11.1 Å². The van der Waals surface area contributed by atoms with Gasteiger partial charge in [0, 0.05) is 0 Å². The van der Waals surface area contributed by atoms with E-state index in [2.05, 4.69) is 6.07 Å². The lowest BCUT2D eigenvalue weighted by molar-refractivity contribution is 0.475. The Morgan fingerprint density at radius 2 is 1.21 bits per heavy atom. The Morgan fingerprint density at radius 3 is 1.79 bits per heavy atom. The summed E-state index contributed by atoms with van der Waals surface area (Å²) < 4.78 is 28.7. The average Bonchev–Trinajstić information content (AvgIpc) is 2.98. The molecule has 1 nitrogen and oxygen atoms in total. The van der Waals surface area contributed by atoms with Gasteiger partial charge in [-0.3, -0.25) is 0 Å². The fourth-order valence-corrected chi connectivity index (χ4v) is 4.67. The van der Waals surface area contributed by atoms with Crippen LogP contribution in [0.5, 0.6) is 5.75 Å². The van der Waals surface area contributed by atoms with Crippen LogP contribution in [0.1, 0.15) is 27.8 Å². The van der Waals surface area contributed by atoms with E-state index in [-0.39, 0.29) is 17.4 Å². The van der Waals surface area contributed by atoms with Crippen molar-refractivity contribution in [3.8, 4) is 16.9 Å². The number of fused-ring (bicyclic) bond motifs is 3. The summed E-state index contributed by atoms with van der Waals surface area (Å²) in [5.74, 6) is -0.538. The monoisotopic (exact) mass is 384 g/mol. The van der Waals surface area contributed by atoms with Crippen LogP contribution in [0.15, 0.2) is 84.9 Å². The van der Waals surface area contributed by atoms with E-state index in [1.807, 2.05) is 37.3 Å². The highest BCUT2D eigenvalue weighted by Crippen LogP contribution is 2.56. The summed E-state index contributed by atoms with van der Waals surface area (Å²) in [5.41, 5.74) is 5.31. The van der Waals surface area contributed by atoms with E-state index in [9.17, 15) is 13.9 Å². The molecule has 0 aromatic heterocycles. The Morgan fingerprint density at radius 1 is 0.655 bits per heavy atom. The van der Waals surface area contributed by atoms with Crippen molar-refractivity contribution in [3.05, 3.63) is 124 Å². The molecule has 1 N–H and O–H groups in total. The van der Waals surface area contributed by atoms with Crippen LogP contribution in [-0.4, -0.2) is 5.11 Å². The minimum absolute atomic E-state index is 0.158. The molecule has 0 unspecified atom stereocenters. The third-order valence-electron chi connectivity index (χ3n) is 5.79. The molecule has 0 amide bonds. The molecule has 0 bridgehead atoms. The van der Waals surface area contributed by atoms with Crippen LogP contribution in [0.4, 0.5) is 8.78 Å². The summed E-state index contributed by atoms with van der Waals surface area (Å²) in [7, 11) is 0. The minimum atomic E-state index is -0.879. The quantitative estimate of drug-likeness (QED) is 0.376. The lowest BCUT2D eigenvalue weighted by Gasteiger charge is -2.34. The molecule has 0 spiro atoms. The van der Waals surface area contributed by atoms with Crippen molar-refractivity contribution in [2.75, 3.05) is 0 Å². The van der Waals surface area contributed by atoms with Gasteiger partial charge < -0.3 is 5.11 Å². The van der Waals surface area contributed by atoms with Gasteiger partial charge in [-0.1, -0.05) is 54.1 Å². The zero-order chi connectivity index (χ0) is 20.2. The summed E-state index contributed by atoms with van der Waals surface area (Å²) in [5, 5.41) is 10.2. The molecule has 0 aliphatic heterocycles. The van der Waals surface area contributed by atoms with Crippen molar-refractivity contribution in [1.82, 2.24) is 0 Å². The fourth-order valence-electron chi connectivity index (χ4n) is 4.67. The van der Waals surface area contributed by atoms with Crippen LogP contribution >= 0.6 is 0 Å². The molecule has 0 atom stereocenters. The van der Waals surface area contributed by atoms with E-state index >= 15 is 0 Å². The number of hydrogen-bond acceptors (Lipinski definition) is 1. The van der Waals surface area contributed by atoms with E-state index in [1.54, 1.807) is 24.3 Å². The van der Waals surface area contributed by atoms with Gasteiger partial charge in [-0.15, -0.1) is 0 Å². The van der Waals surface area contributed by atoms with Crippen LogP contribution in [-0.2, 0) is 5.41 Å². The van der Waals surface area contributed by atoms with Gasteiger partial charge in [-0.05, 0) is 76.7 Å². The second-order valence-corrected chi connectivity index (χ2v) is 7.55. The van der Waals surface area contributed by atoms with Crippen LogP contribution in [0.2, 0.25) is 0 Å². The third kappa shape index (κ3) is 2.51. The molecule has 0 saturated carbocycles. The number of aryl methyl sites for hydroxylation is 1. The van der Waals surface area contributed by atoms with E-state index < -0.39 is 5.41 Å². The molecule has 1 aliphatic rings. The van der Waals surface area contributed by atoms with E-state index in [0.29, 0.717) is 0 Å². The van der Waals surface area contributed by atoms with E-state index in [0.717, 1.165) is 38.9 Å². The maximum Gasteiger partial charge on any atom is 0.123 e. The first-order valence-electron chi connectivity index (χ1n) is 9.47. The lowest BCUT2D eigenvalue weighted by atomic mass is 9.67. The molecule has 0 radical (unpaired) electrons. The van der Waals surface area contributed by atoms with Crippen molar-refractivity contribution in [1.29, 1.82) is 0 Å². The normalized spacial score (nSPS) is 13.8. The Bertz CT molecular complexity index is 1160. The highest BCUT2D eigenvalue weighted by molar-refractivity contribution is 5.87. The maximum absolute atomic E-state index is 14.4. The number of halogens is 2. The van der Waals surface area contributed by atoms with Gasteiger partial charge in [0.2, 0.25) is 0 Å². The average molecular weight is 384 g/mol. The van der Waals surface area contributed by atoms with E-state index in [1.165, 1.54) is 24.3 Å². The molecule has 3 heteroatoms. The number of hydrogen-bond donors (Lipinski definition) is 1. The predicted molar refractivity (Wildman–Crippen MR) is 110 cm³/mol. The van der Waals surface area contributed by atoms with Crippen molar-refractivity contribution in [2.45, 2.75) is 12.3 Å². The van der Waals surface area contributed by atoms with Gasteiger partial charge in [-0.25, -0.2) is 8.78 Å². The smallest absolute Gasteiger partial charge is 0.123 e. The largest absolute Gasteiger partial charge is 0.508 e. The molecule has 4 aromatic rings. The Labute approximate surface area is 167 Å². The summed E-state index contributed by atoms with van der Waals surface area (Å²) in [4.78, 5) is 0. The maximum atomic E-state index is 14.4. The topological polar surface area (TPSA) is 20.2 Å². The summed E-state index contributed by atoms with van der Waals surface area (Å²) in [6.07, 6.45) is 0. The van der Waals surface area contributed by atoms with Crippen molar-refractivity contribution < 1.29 is 13.9 Å². The van der Waals surface area contributed by atoms with Crippen LogP contribution in [0, 0.1) is 18.6 Å². The predicted octanol–water partition coefficient (Wildman–Crippen LogP) is 6.34. The van der Waals surface area contributed by atoms with Gasteiger partial charge in [0.25, 0.3) is 0 Å². The number of benzene rings is 4. The Balaban J connectivity index is 1.99. The summed E-state index contributed by atoms with van der Waals surface area (Å²) in [6, 6.07) is 24.3. The number of phenolic OH excluding ortho intramolecular Hbond substituents is 1. The molecule has 0 heterocycles. The van der Waals surface area contributed by atoms with Crippen LogP contribution in [0.3, 0.4) is 0 Å². The zero-order valence-corrected chi connectivity index (χ0v) is 15.8. The second-order valence-electron chi connectivity index (χ2n) is 7.55. The first kappa shape index (κ1) is 17.6. The first-order valence-corrected chi connectivity index (χ1v) is 9.47. The summed E-state index contributed by atoms with van der Waals surface area (Å²) in [6.45, 7) is 2.01. The Hall–Kier alpha value is -3.46. The van der Waals surface area contributed by atoms with Crippen molar-refractivity contribution in [2.24, 2.45) is 0 Å². The number of phenols is 1. The molecular formula is C26H18F2O. The molecule has 0 fully saturated rings. The van der Waals surface area contributed by atoms with Crippen LogP contribution < -0.4 is 0 Å². The van der Waals surface area contributed by atoms with E-state index in [4.69, 9.17) is 0 Å². The van der Waals surface area contributed by atoms with Crippen molar-refractivity contribution >= 4 is 0 Å². The molecule has 5 rings (SSSR count).